The summed E-state index contributed by atoms with van der Waals surface area (Å²) in [4.78, 5) is 7.07. The molecule has 1 heterocycles. The summed E-state index contributed by atoms with van der Waals surface area (Å²) in [6.07, 6.45) is 4.97. The van der Waals surface area contributed by atoms with Gasteiger partial charge in [0.25, 0.3) is 0 Å². The summed E-state index contributed by atoms with van der Waals surface area (Å²) in [5.41, 5.74) is 1.01. The van der Waals surface area contributed by atoms with Crippen LogP contribution in [0.25, 0.3) is 0 Å². The molecule has 1 aromatic rings. The van der Waals surface area contributed by atoms with Crippen molar-refractivity contribution in [1.29, 1.82) is 0 Å². The molecule has 1 aromatic heterocycles. The normalized spacial score (nSPS) is 11.7. The molecule has 0 fully saturated rings. The molecule has 1 rings (SSSR count). The van der Waals surface area contributed by atoms with E-state index >= 15 is 0 Å². The van der Waals surface area contributed by atoms with E-state index in [1.54, 1.807) is 11.3 Å². The second-order valence-corrected chi connectivity index (χ2v) is 6.16. The minimum absolute atomic E-state index is 0.529. The Kier molecular flexibility index (Phi) is 7.87. The van der Waals surface area contributed by atoms with Crippen molar-refractivity contribution in [1.82, 2.24) is 9.88 Å². The zero-order chi connectivity index (χ0) is 13.4. The highest BCUT2D eigenvalue weighted by atomic mass is 35.5. The van der Waals surface area contributed by atoms with Crippen LogP contribution in [-0.4, -0.2) is 29.0 Å². The molecule has 0 radical (unpaired) electrons. The summed E-state index contributed by atoms with van der Waals surface area (Å²) < 4.78 is 0. The van der Waals surface area contributed by atoms with Gasteiger partial charge in [-0.3, -0.25) is 0 Å². The maximum atomic E-state index is 5.77. The summed E-state index contributed by atoms with van der Waals surface area (Å²) in [6.45, 7) is 9.12. The van der Waals surface area contributed by atoms with Crippen LogP contribution in [0.1, 0.15) is 50.7 Å². The van der Waals surface area contributed by atoms with Crippen molar-refractivity contribution in [3.8, 4) is 0 Å². The van der Waals surface area contributed by atoms with Gasteiger partial charge in [0, 0.05) is 24.4 Å². The predicted octanol–water partition coefficient (Wildman–Crippen LogP) is 4.33. The van der Waals surface area contributed by atoms with E-state index in [0.717, 1.165) is 18.7 Å². The van der Waals surface area contributed by atoms with E-state index in [4.69, 9.17) is 11.6 Å². The van der Waals surface area contributed by atoms with Crippen molar-refractivity contribution in [2.45, 2.75) is 58.4 Å². The highest BCUT2D eigenvalue weighted by molar-refractivity contribution is 7.09. The summed E-state index contributed by atoms with van der Waals surface area (Å²) in [7, 11) is 0. The topological polar surface area (TPSA) is 16.1 Å². The van der Waals surface area contributed by atoms with E-state index in [1.807, 2.05) is 0 Å². The van der Waals surface area contributed by atoms with Crippen molar-refractivity contribution in [2.75, 3.05) is 13.1 Å². The van der Waals surface area contributed by atoms with Gasteiger partial charge in [-0.1, -0.05) is 19.8 Å². The van der Waals surface area contributed by atoms with Gasteiger partial charge in [0.15, 0.2) is 0 Å². The van der Waals surface area contributed by atoms with Crippen molar-refractivity contribution in [2.24, 2.45) is 0 Å². The highest BCUT2D eigenvalue weighted by Crippen LogP contribution is 2.13. The Balaban J connectivity index is 2.36. The number of halogens is 1. The fourth-order valence-electron chi connectivity index (χ4n) is 1.96. The molecule has 0 unspecified atom stereocenters. The van der Waals surface area contributed by atoms with Crippen LogP contribution in [-0.2, 0) is 12.3 Å². The quantitative estimate of drug-likeness (QED) is 0.497. The third-order valence-electron chi connectivity index (χ3n) is 3.13. The first-order valence-electron chi connectivity index (χ1n) is 6.90. The van der Waals surface area contributed by atoms with Crippen LogP contribution < -0.4 is 0 Å². The Hall–Kier alpha value is -0.120. The van der Waals surface area contributed by atoms with Crippen LogP contribution in [0, 0.1) is 0 Å². The molecule has 18 heavy (non-hydrogen) atoms. The molecular weight excluding hydrogens is 264 g/mol. The average Bonchev–Trinajstić information content (AvgIpc) is 2.81. The molecule has 0 saturated carbocycles. The molecule has 0 bridgehead atoms. The van der Waals surface area contributed by atoms with Gasteiger partial charge in [0.2, 0.25) is 0 Å². The minimum atomic E-state index is 0.529. The van der Waals surface area contributed by atoms with Crippen molar-refractivity contribution in [3.63, 3.8) is 0 Å². The minimum Gasteiger partial charge on any atom is -0.301 e. The van der Waals surface area contributed by atoms with Gasteiger partial charge in [0.05, 0.1) is 16.6 Å². The monoisotopic (exact) mass is 288 g/mol. The fraction of sp³-hybridized carbons (Fsp3) is 0.786. The van der Waals surface area contributed by atoms with Crippen LogP contribution in [0.5, 0.6) is 0 Å². The molecule has 0 aliphatic rings. The highest BCUT2D eigenvalue weighted by Gasteiger charge is 2.10. The maximum Gasteiger partial charge on any atom is 0.0941 e. The van der Waals surface area contributed by atoms with E-state index in [-0.39, 0.29) is 0 Å². The zero-order valence-corrected chi connectivity index (χ0v) is 13.4. The summed E-state index contributed by atoms with van der Waals surface area (Å²) in [5, 5.41) is 3.28. The largest absolute Gasteiger partial charge is 0.301 e. The van der Waals surface area contributed by atoms with Gasteiger partial charge in [-0.05, 0) is 26.8 Å². The molecule has 0 aliphatic carbocycles. The summed E-state index contributed by atoms with van der Waals surface area (Å²) >= 11 is 7.51. The number of rotatable bonds is 9. The number of unbranched alkanes of at least 4 members (excludes halogenated alkanes) is 2. The maximum absolute atomic E-state index is 5.77. The third-order valence-corrected chi connectivity index (χ3v) is 4.36. The van der Waals surface area contributed by atoms with Crippen LogP contribution >= 0.6 is 22.9 Å². The Morgan fingerprint density at radius 3 is 2.67 bits per heavy atom. The molecular formula is C14H25ClN2S. The van der Waals surface area contributed by atoms with Gasteiger partial charge in [-0.15, -0.1) is 22.9 Å². The van der Waals surface area contributed by atoms with Gasteiger partial charge < -0.3 is 4.90 Å². The summed E-state index contributed by atoms with van der Waals surface area (Å²) in [6, 6.07) is 0.620. The Morgan fingerprint density at radius 1 is 1.33 bits per heavy atom. The standard InChI is InChI=1S/C14H25ClN2S/c1-4-5-6-8-17(12(2)3)9-7-14-16-13(10-15)11-18-14/h11-12H,4-10H2,1-3H3. The Bertz CT molecular complexity index is 325. The molecule has 0 N–H and O–H groups in total. The lowest BCUT2D eigenvalue weighted by atomic mass is 10.2. The molecule has 2 nitrogen and oxygen atoms in total. The van der Waals surface area contributed by atoms with Crippen LogP contribution in [0.2, 0.25) is 0 Å². The van der Waals surface area contributed by atoms with Crippen LogP contribution in [0.4, 0.5) is 0 Å². The number of hydrogen-bond acceptors (Lipinski definition) is 3. The molecule has 0 amide bonds. The lowest BCUT2D eigenvalue weighted by molar-refractivity contribution is 0.220. The smallest absolute Gasteiger partial charge is 0.0941 e. The molecule has 104 valence electrons. The van der Waals surface area contributed by atoms with Gasteiger partial charge in [-0.2, -0.15) is 0 Å². The Labute approximate surface area is 120 Å². The first-order valence-corrected chi connectivity index (χ1v) is 8.32. The fourth-order valence-corrected chi connectivity index (χ4v) is 2.97. The number of hydrogen-bond donors (Lipinski definition) is 0. The van der Waals surface area contributed by atoms with E-state index < -0.39 is 0 Å². The third kappa shape index (κ3) is 5.68. The van der Waals surface area contributed by atoms with Gasteiger partial charge in [-0.25, -0.2) is 4.98 Å². The second-order valence-electron chi connectivity index (χ2n) is 4.95. The second kappa shape index (κ2) is 8.89. The number of thiazole rings is 1. The zero-order valence-electron chi connectivity index (χ0n) is 11.8. The van der Waals surface area contributed by atoms with Crippen LogP contribution in [0.15, 0.2) is 5.38 Å². The SMILES string of the molecule is CCCCCN(CCc1nc(CCl)cs1)C(C)C. The van der Waals surface area contributed by atoms with Crippen molar-refractivity contribution >= 4 is 22.9 Å². The number of nitrogens with zero attached hydrogens (tertiary/aromatic N) is 2. The number of aromatic nitrogens is 1. The molecule has 0 aromatic carbocycles. The lowest BCUT2D eigenvalue weighted by Gasteiger charge is -2.26. The Morgan fingerprint density at radius 2 is 2.11 bits per heavy atom. The molecule has 4 heteroatoms. The average molecular weight is 289 g/mol. The molecule has 0 saturated heterocycles. The number of alkyl halides is 1. The molecule has 0 spiro atoms. The van der Waals surface area contributed by atoms with E-state index in [2.05, 4.69) is 36.0 Å². The first-order chi connectivity index (χ1) is 8.67. The van der Waals surface area contributed by atoms with Crippen molar-refractivity contribution < 1.29 is 0 Å². The van der Waals surface area contributed by atoms with E-state index in [1.165, 1.54) is 30.8 Å². The van der Waals surface area contributed by atoms with Crippen molar-refractivity contribution in [3.05, 3.63) is 16.1 Å². The molecule has 0 aliphatic heterocycles. The summed E-state index contributed by atoms with van der Waals surface area (Å²) in [5.74, 6) is 0.529. The van der Waals surface area contributed by atoms with Gasteiger partial charge in [0.1, 0.15) is 0 Å². The lowest BCUT2D eigenvalue weighted by Crippen LogP contribution is -2.33. The first kappa shape index (κ1) is 15.9. The van der Waals surface area contributed by atoms with Crippen LogP contribution in [0.3, 0.4) is 0 Å². The predicted molar refractivity (Wildman–Crippen MR) is 81.6 cm³/mol. The van der Waals surface area contributed by atoms with E-state index in [0.29, 0.717) is 11.9 Å². The molecule has 0 atom stereocenters. The van der Waals surface area contributed by atoms with Gasteiger partial charge >= 0.3 is 0 Å². The van der Waals surface area contributed by atoms with E-state index in [9.17, 15) is 0 Å².